The zero-order valence-corrected chi connectivity index (χ0v) is 13.7. The summed E-state index contributed by atoms with van der Waals surface area (Å²) in [6.07, 6.45) is -5.40. The number of nitrogens with one attached hydrogen (secondary N) is 1. The lowest BCUT2D eigenvalue weighted by Gasteiger charge is -2.27. The van der Waals surface area contributed by atoms with Crippen LogP contribution in [-0.2, 0) is 4.79 Å². The number of halogens is 3. The molecule has 0 fully saturated rings. The SMILES string of the molecule is CC(=O)NC(CC(F)(F)F)c1cccc(C(C)C)c1C(C)C. The minimum atomic E-state index is -4.34. The number of alkyl halides is 3. The van der Waals surface area contributed by atoms with Gasteiger partial charge < -0.3 is 5.32 Å². The van der Waals surface area contributed by atoms with Crippen LogP contribution in [0.1, 0.15) is 75.6 Å². The van der Waals surface area contributed by atoms with Gasteiger partial charge in [-0.2, -0.15) is 13.2 Å². The predicted molar refractivity (Wildman–Crippen MR) is 81.8 cm³/mol. The normalized spacial score (nSPS) is 13.5. The van der Waals surface area contributed by atoms with E-state index in [0.29, 0.717) is 5.56 Å². The van der Waals surface area contributed by atoms with Crippen LogP contribution >= 0.6 is 0 Å². The molecule has 0 aliphatic heterocycles. The second-order valence-electron chi connectivity index (χ2n) is 6.23. The first-order chi connectivity index (χ1) is 10.0. The summed E-state index contributed by atoms with van der Waals surface area (Å²) in [4.78, 5) is 11.3. The quantitative estimate of drug-likeness (QED) is 0.808. The number of carbonyl (C=O) groups excluding carboxylic acids is 1. The summed E-state index contributed by atoms with van der Waals surface area (Å²) in [7, 11) is 0. The van der Waals surface area contributed by atoms with Gasteiger partial charge in [-0.05, 0) is 28.5 Å². The molecule has 1 rings (SSSR count). The monoisotopic (exact) mass is 315 g/mol. The molecule has 5 heteroatoms. The van der Waals surface area contributed by atoms with E-state index in [1.165, 1.54) is 6.92 Å². The Morgan fingerprint density at radius 2 is 1.64 bits per heavy atom. The minimum Gasteiger partial charge on any atom is -0.349 e. The van der Waals surface area contributed by atoms with Crippen molar-refractivity contribution in [1.82, 2.24) is 5.32 Å². The largest absolute Gasteiger partial charge is 0.391 e. The third-order valence-corrected chi connectivity index (χ3v) is 3.56. The molecule has 1 unspecified atom stereocenters. The van der Waals surface area contributed by atoms with E-state index in [0.717, 1.165) is 11.1 Å². The molecule has 1 aromatic rings. The van der Waals surface area contributed by atoms with Crippen LogP contribution in [0.3, 0.4) is 0 Å². The van der Waals surface area contributed by atoms with Gasteiger partial charge in [0.05, 0.1) is 12.5 Å². The van der Waals surface area contributed by atoms with Gasteiger partial charge in [-0.25, -0.2) is 0 Å². The molecule has 0 heterocycles. The fraction of sp³-hybridized carbons (Fsp3) is 0.588. The maximum atomic E-state index is 12.9. The summed E-state index contributed by atoms with van der Waals surface area (Å²) in [5.41, 5.74) is 2.50. The van der Waals surface area contributed by atoms with Crippen molar-refractivity contribution < 1.29 is 18.0 Å². The first kappa shape index (κ1) is 18.5. The maximum Gasteiger partial charge on any atom is 0.391 e. The van der Waals surface area contributed by atoms with Crippen molar-refractivity contribution in [1.29, 1.82) is 0 Å². The molecular formula is C17H24F3NO. The lowest BCUT2D eigenvalue weighted by atomic mass is 9.84. The minimum absolute atomic E-state index is 0.0816. The standard InChI is InChI=1S/C17H24F3NO/c1-10(2)13-7-6-8-14(16(13)11(3)4)15(21-12(5)22)9-17(18,19)20/h6-8,10-11,15H,9H2,1-5H3,(H,21,22). The Labute approximate surface area is 130 Å². The Balaban J connectivity index is 3.40. The third-order valence-electron chi connectivity index (χ3n) is 3.56. The molecule has 22 heavy (non-hydrogen) atoms. The maximum absolute atomic E-state index is 12.9. The fourth-order valence-corrected chi connectivity index (χ4v) is 2.79. The first-order valence-electron chi connectivity index (χ1n) is 7.49. The molecule has 0 saturated carbocycles. The summed E-state index contributed by atoms with van der Waals surface area (Å²) >= 11 is 0. The van der Waals surface area contributed by atoms with Crippen LogP contribution in [0, 0.1) is 0 Å². The lowest BCUT2D eigenvalue weighted by Crippen LogP contribution is -2.31. The number of carbonyl (C=O) groups is 1. The number of amides is 1. The van der Waals surface area contributed by atoms with Gasteiger partial charge in [0, 0.05) is 6.92 Å². The van der Waals surface area contributed by atoms with Crippen molar-refractivity contribution in [3.05, 3.63) is 34.9 Å². The van der Waals surface area contributed by atoms with Gasteiger partial charge in [0.15, 0.2) is 0 Å². The zero-order valence-electron chi connectivity index (χ0n) is 13.7. The van der Waals surface area contributed by atoms with E-state index in [-0.39, 0.29) is 11.8 Å². The van der Waals surface area contributed by atoms with E-state index in [4.69, 9.17) is 0 Å². The van der Waals surface area contributed by atoms with E-state index >= 15 is 0 Å². The van der Waals surface area contributed by atoms with Crippen molar-refractivity contribution in [3.8, 4) is 0 Å². The van der Waals surface area contributed by atoms with Crippen LogP contribution in [0.5, 0.6) is 0 Å². The van der Waals surface area contributed by atoms with Crippen molar-refractivity contribution in [2.75, 3.05) is 0 Å². The van der Waals surface area contributed by atoms with E-state index < -0.39 is 24.5 Å². The Kier molecular flexibility index (Phi) is 6.03. The Hall–Kier alpha value is -1.52. The second kappa shape index (κ2) is 7.16. The van der Waals surface area contributed by atoms with Crippen LogP contribution in [0.4, 0.5) is 13.2 Å². The summed E-state index contributed by atoms with van der Waals surface area (Å²) in [5.74, 6) is -0.168. The van der Waals surface area contributed by atoms with Gasteiger partial charge in [0.1, 0.15) is 0 Å². The molecule has 124 valence electrons. The van der Waals surface area contributed by atoms with Crippen LogP contribution in [0.25, 0.3) is 0 Å². The van der Waals surface area contributed by atoms with E-state index in [9.17, 15) is 18.0 Å². The van der Waals surface area contributed by atoms with E-state index in [1.807, 2.05) is 33.8 Å². The summed E-state index contributed by atoms with van der Waals surface area (Å²) in [5, 5.41) is 2.46. The Morgan fingerprint density at radius 1 is 1.09 bits per heavy atom. The highest BCUT2D eigenvalue weighted by molar-refractivity contribution is 5.73. The highest BCUT2D eigenvalue weighted by Gasteiger charge is 2.34. The average Bonchev–Trinajstić information content (AvgIpc) is 2.34. The second-order valence-corrected chi connectivity index (χ2v) is 6.23. The number of hydrogen-bond acceptors (Lipinski definition) is 1. The molecule has 1 amide bonds. The van der Waals surface area contributed by atoms with Crippen molar-refractivity contribution in [2.24, 2.45) is 0 Å². The number of benzene rings is 1. The van der Waals surface area contributed by atoms with Gasteiger partial charge >= 0.3 is 6.18 Å². The van der Waals surface area contributed by atoms with Gasteiger partial charge in [-0.15, -0.1) is 0 Å². The molecule has 0 bridgehead atoms. The molecule has 1 N–H and O–H groups in total. The fourth-order valence-electron chi connectivity index (χ4n) is 2.79. The molecule has 0 radical (unpaired) electrons. The molecule has 0 aliphatic rings. The molecule has 1 atom stereocenters. The average molecular weight is 315 g/mol. The van der Waals surface area contributed by atoms with Gasteiger partial charge in [-0.1, -0.05) is 45.9 Å². The molecule has 0 aliphatic carbocycles. The lowest BCUT2D eigenvalue weighted by molar-refractivity contribution is -0.142. The molecule has 2 nitrogen and oxygen atoms in total. The van der Waals surface area contributed by atoms with E-state index in [2.05, 4.69) is 5.32 Å². The van der Waals surface area contributed by atoms with Crippen LogP contribution < -0.4 is 5.32 Å². The van der Waals surface area contributed by atoms with Crippen LogP contribution in [0.15, 0.2) is 18.2 Å². The molecule has 0 saturated heterocycles. The number of rotatable bonds is 5. The smallest absolute Gasteiger partial charge is 0.349 e. The highest BCUT2D eigenvalue weighted by Crippen LogP contribution is 2.36. The Bertz CT molecular complexity index is 521. The van der Waals surface area contributed by atoms with Gasteiger partial charge in [0.2, 0.25) is 5.91 Å². The van der Waals surface area contributed by atoms with Crippen molar-refractivity contribution in [3.63, 3.8) is 0 Å². The van der Waals surface area contributed by atoms with Gasteiger partial charge in [-0.3, -0.25) is 4.79 Å². The summed E-state index contributed by atoms with van der Waals surface area (Å²) in [6.45, 7) is 9.20. The van der Waals surface area contributed by atoms with Crippen LogP contribution in [-0.4, -0.2) is 12.1 Å². The van der Waals surface area contributed by atoms with Crippen LogP contribution in [0.2, 0.25) is 0 Å². The summed E-state index contributed by atoms with van der Waals surface area (Å²) in [6, 6.07) is 4.35. The van der Waals surface area contributed by atoms with Gasteiger partial charge in [0.25, 0.3) is 0 Å². The number of hydrogen-bond donors (Lipinski definition) is 1. The summed E-state index contributed by atoms with van der Waals surface area (Å²) < 4.78 is 38.6. The highest BCUT2D eigenvalue weighted by atomic mass is 19.4. The Morgan fingerprint density at radius 3 is 2.05 bits per heavy atom. The zero-order chi connectivity index (χ0) is 17.1. The topological polar surface area (TPSA) is 29.1 Å². The molecule has 0 aromatic heterocycles. The van der Waals surface area contributed by atoms with Crippen molar-refractivity contribution in [2.45, 2.75) is 65.1 Å². The van der Waals surface area contributed by atoms with Crippen molar-refractivity contribution >= 4 is 5.91 Å². The first-order valence-corrected chi connectivity index (χ1v) is 7.49. The molecule has 1 aromatic carbocycles. The predicted octanol–water partition coefficient (Wildman–Crippen LogP) is 5.06. The third kappa shape index (κ3) is 5.04. The molecular weight excluding hydrogens is 291 g/mol. The molecule has 0 spiro atoms. The van der Waals surface area contributed by atoms with E-state index in [1.54, 1.807) is 12.1 Å².